The minimum absolute atomic E-state index is 0.110. The molecule has 2 atom stereocenters. The van der Waals surface area contributed by atoms with Gasteiger partial charge in [-0.15, -0.1) is 0 Å². The number of pyridine rings is 1. The molecule has 0 aliphatic carbocycles. The number of hydrogen-bond donors (Lipinski definition) is 1. The van der Waals surface area contributed by atoms with Crippen LogP contribution in [-0.2, 0) is 19.4 Å². The first kappa shape index (κ1) is 21.9. The predicted molar refractivity (Wildman–Crippen MR) is 110 cm³/mol. The number of piperidine rings is 1. The number of carbonyl (C=O) groups is 2. The van der Waals surface area contributed by atoms with Crippen LogP contribution in [0.5, 0.6) is 0 Å². The lowest BCUT2D eigenvalue weighted by molar-refractivity contribution is -0.133. The zero-order chi connectivity index (χ0) is 21.9. The number of anilines is 1. The third kappa shape index (κ3) is 4.84. The summed E-state index contributed by atoms with van der Waals surface area (Å²) in [5, 5.41) is 1.43. The van der Waals surface area contributed by atoms with Crippen LogP contribution < -0.4 is 5.32 Å². The lowest BCUT2D eigenvalue weighted by Gasteiger charge is -2.33. The number of nitrogens with zero attached hydrogens (tertiary/aromatic N) is 2. The van der Waals surface area contributed by atoms with E-state index >= 15 is 0 Å². The number of nitrogens with one attached hydrogen (secondary N) is 1. The van der Waals surface area contributed by atoms with Gasteiger partial charge in [0.15, 0.2) is 9.84 Å². The maximum Gasteiger partial charge on any atom is 0.241 e. The highest BCUT2D eigenvalue weighted by molar-refractivity contribution is 7.92. The van der Waals surface area contributed by atoms with Gasteiger partial charge in [0.2, 0.25) is 11.8 Å². The molecule has 2 amide bonds. The second-order valence-corrected chi connectivity index (χ2v) is 9.69. The number of amides is 2. The Hall–Kier alpha value is -2.81. The van der Waals surface area contributed by atoms with Crippen LogP contribution in [0.1, 0.15) is 25.5 Å². The van der Waals surface area contributed by atoms with Gasteiger partial charge < -0.3 is 10.2 Å². The summed E-state index contributed by atoms with van der Waals surface area (Å²) in [5.41, 5.74) is 0.771. The molecule has 0 radical (unpaired) electrons. The Balaban J connectivity index is 1.68. The van der Waals surface area contributed by atoms with Crippen LogP contribution in [-0.4, -0.2) is 48.5 Å². The van der Waals surface area contributed by atoms with Gasteiger partial charge >= 0.3 is 0 Å². The highest BCUT2D eigenvalue weighted by Crippen LogP contribution is 2.23. The Morgan fingerprint density at radius 3 is 2.57 bits per heavy atom. The third-order valence-corrected chi connectivity index (χ3v) is 7.26. The van der Waals surface area contributed by atoms with Crippen molar-refractivity contribution in [3.05, 3.63) is 54.0 Å². The summed E-state index contributed by atoms with van der Waals surface area (Å²) in [6.07, 6.45) is 1.19. The summed E-state index contributed by atoms with van der Waals surface area (Å²) < 4.78 is 38.6. The van der Waals surface area contributed by atoms with E-state index in [-0.39, 0.29) is 17.3 Å². The zero-order valence-corrected chi connectivity index (χ0v) is 17.7. The van der Waals surface area contributed by atoms with Crippen molar-refractivity contribution in [1.29, 1.82) is 0 Å². The van der Waals surface area contributed by atoms with Crippen molar-refractivity contribution in [2.24, 2.45) is 5.92 Å². The van der Waals surface area contributed by atoms with E-state index in [0.29, 0.717) is 25.2 Å². The molecule has 160 valence electrons. The number of sulfone groups is 1. The van der Waals surface area contributed by atoms with E-state index in [1.165, 1.54) is 11.8 Å². The normalized spacial score (nSPS) is 18.0. The molecule has 9 heteroatoms. The van der Waals surface area contributed by atoms with Crippen molar-refractivity contribution in [3.63, 3.8) is 0 Å². The number of aryl methyl sites for hydroxylation is 1. The van der Waals surface area contributed by atoms with Gasteiger partial charge in [-0.1, -0.05) is 6.07 Å². The highest BCUT2D eigenvalue weighted by atomic mass is 32.2. The highest BCUT2D eigenvalue weighted by Gasteiger charge is 2.36. The van der Waals surface area contributed by atoms with Crippen LogP contribution in [0, 0.1) is 18.7 Å². The van der Waals surface area contributed by atoms with E-state index in [1.807, 2.05) is 13.0 Å². The molecule has 1 aromatic heterocycles. The summed E-state index contributed by atoms with van der Waals surface area (Å²) in [4.78, 5) is 31.1. The van der Waals surface area contributed by atoms with Crippen LogP contribution in [0.25, 0.3) is 0 Å². The lowest BCUT2D eigenvalue weighted by Crippen LogP contribution is -2.48. The largest absolute Gasteiger partial charge is 0.341 e. The van der Waals surface area contributed by atoms with Gasteiger partial charge in [0, 0.05) is 18.8 Å². The Kier molecular flexibility index (Phi) is 6.50. The zero-order valence-electron chi connectivity index (χ0n) is 16.8. The van der Waals surface area contributed by atoms with Crippen LogP contribution in [0.3, 0.4) is 0 Å². The fourth-order valence-electron chi connectivity index (χ4n) is 3.45. The maximum atomic E-state index is 13.1. The number of halogens is 1. The molecule has 3 rings (SSSR count). The van der Waals surface area contributed by atoms with Crippen LogP contribution in [0.2, 0.25) is 0 Å². The number of aromatic nitrogens is 1. The van der Waals surface area contributed by atoms with Crippen molar-refractivity contribution in [1.82, 2.24) is 9.88 Å². The molecule has 0 spiro atoms. The van der Waals surface area contributed by atoms with E-state index < -0.39 is 32.7 Å². The van der Waals surface area contributed by atoms with E-state index in [9.17, 15) is 22.4 Å². The maximum absolute atomic E-state index is 13.1. The molecule has 2 unspecified atom stereocenters. The van der Waals surface area contributed by atoms with Gasteiger partial charge in [0.1, 0.15) is 16.9 Å². The van der Waals surface area contributed by atoms with Gasteiger partial charge in [0.25, 0.3) is 0 Å². The molecule has 30 heavy (non-hydrogen) atoms. The molecule has 1 aromatic carbocycles. The molecule has 2 heterocycles. The summed E-state index contributed by atoms with van der Waals surface area (Å²) >= 11 is 0. The predicted octanol–water partition coefficient (Wildman–Crippen LogP) is 2.57. The topological polar surface area (TPSA) is 96.4 Å². The molecule has 1 saturated heterocycles. The monoisotopic (exact) mass is 433 g/mol. The second-order valence-electron chi connectivity index (χ2n) is 7.42. The minimum Gasteiger partial charge on any atom is -0.341 e. The van der Waals surface area contributed by atoms with Crippen LogP contribution in [0.15, 0.2) is 47.4 Å². The standard InChI is InChI=1S/C21H24FN3O4S/c1-14-5-3-7-19(23-14)24-20(26)16-6-4-12-25(13-16)21(27)15(2)30(28,29)18-10-8-17(22)9-11-18/h3,5,7-11,15-16H,4,6,12-13H2,1-2H3,(H,23,24,26). The molecule has 1 N–H and O–H groups in total. The Bertz CT molecular complexity index is 1040. The number of benzene rings is 1. The quantitative estimate of drug-likeness (QED) is 0.731. The van der Waals surface area contributed by atoms with Gasteiger partial charge in [-0.2, -0.15) is 0 Å². The molecule has 1 aliphatic heterocycles. The Morgan fingerprint density at radius 1 is 1.20 bits per heavy atom. The molecular formula is C21H24FN3O4S. The molecule has 2 aromatic rings. The van der Waals surface area contributed by atoms with Crippen molar-refractivity contribution in [2.45, 2.75) is 36.8 Å². The number of hydrogen-bond acceptors (Lipinski definition) is 5. The van der Waals surface area contributed by atoms with Gasteiger partial charge in [0.05, 0.1) is 10.8 Å². The fraction of sp³-hybridized carbons (Fsp3) is 0.381. The third-order valence-electron chi connectivity index (χ3n) is 5.20. The van der Waals surface area contributed by atoms with Crippen molar-refractivity contribution in [3.8, 4) is 0 Å². The summed E-state index contributed by atoms with van der Waals surface area (Å²) in [7, 11) is -3.96. The number of likely N-dealkylation sites (tertiary alicyclic amines) is 1. The summed E-state index contributed by atoms with van der Waals surface area (Å²) in [6.45, 7) is 3.66. The molecule has 7 nitrogen and oxygen atoms in total. The Morgan fingerprint density at radius 2 is 1.90 bits per heavy atom. The molecule has 1 aliphatic rings. The number of carbonyl (C=O) groups excluding carboxylic acids is 2. The first-order chi connectivity index (χ1) is 14.2. The van der Waals surface area contributed by atoms with E-state index in [2.05, 4.69) is 10.3 Å². The second kappa shape index (κ2) is 8.91. The molecular weight excluding hydrogens is 409 g/mol. The fourth-order valence-corrected chi connectivity index (χ4v) is 4.79. The van der Waals surface area contributed by atoms with Gasteiger partial charge in [-0.05, 0) is 63.1 Å². The van der Waals surface area contributed by atoms with Crippen molar-refractivity contribution >= 4 is 27.5 Å². The number of rotatable bonds is 5. The van der Waals surface area contributed by atoms with Crippen LogP contribution >= 0.6 is 0 Å². The minimum atomic E-state index is -3.96. The Labute approximate surface area is 175 Å². The van der Waals surface area contributed by atoms with Crippen molar-refractivity contribution < 1.29 is 22.4 Å². The SMILES string of the molecule is Cc1cccc(NC(=O)C2CCCN(C(=O)C(C)S(=O)(=O)c3ccc(F)cc3)C2)n1. The smallest absolute Gasteiger partial charge is 0.241 e. The summed E-state index contributed by atoms with van der Waals surface area (Å²) in [5.74, 6) is -1.38. The van der Waals surface area contributed by atoms with Gasteiger partial charge in [-0.25, -0.2) is 17.8 Å². The van der Waals surface area contributed by atoms with E-state index in [0.717, 1.165) is 30.0 Å². The average Bonchev–Trinajstić information content (AvgIpc) is 2.73. The van der Waals surface area contributed by atoms with Gasteiger partial charge in [-0.3, -0.25) is 9.59 Å². The molecule has 0 saturated carbocycles. The van der Waals surface area contributed by atoms with E-state index in [4.69, 9.17) is 0 Å². The molecule has 0 bridgehead atoms. The van der Waals surface area contributed by atoms with Crippen molar-refractivity contribution in [2.75, 3.05) is 18.4 Å². The summed E-state index contributed by atoms with van der Waals surface area (Å²) in [6, 6.07) is 9.69. The first-order valence-electron chi connectivity index (χ1n) is 9.71. The lowest BCUT2D eigenvalue weighted by atomic mass is 9.97. The average molecular weight is 434 g/mol. The molecule has 1 fully saturated rings. The van der Waals surface area contributed by atoms with Crippen LogP contribution in [0.4, 0.5) is 10.2 Å². The van der Waals surface area contributed by atoms with E-state index in [1.54, 1.807) is 12.1 Å². The first-order valence-corrected chi connectivity index (χ1v) is 11.3.